The summed E-state index contributed by atoms with van der Waals surface area (Å²) in [6.45, 7) is 0.395. The second-order valence-electron chi connectivity index (χ2n) is 4.41. The maximum Gasteiger partial charge on any atom is 0.240 e. The highest BCUT2D eigenvalue weighted by molar-refractivity contribution is 9.08. The molecule has 0 heterocycles. The fourth-order valence-electron chi connectivity index (χ4n) is 1.82. The highest BCUT2D eigenvalue weighted by Gasteiger charge is 2.12. The monoisotopic (exact) mass is 353 g/mol. The summed E-state index contributed by atoms with van der Waals surface area (Å²) in [5.41, 5.74) is 2.16. The minimum absolute atomic E-state index is 0.301. The molecule has 0 aliphatic carbocycles. The van der Waals surface area contributed by atoms with Gasteiger partial charge in [-0.3, -0.25) is 0 Å². The van der Waals surface area contributed by atoms with E-state index in [1.807, 2.05) is 30.3 Å². The first-order chi connectivity index (χ1) is 9.62. The summed E-state index contributed by atoms with van der Waals surface area (Å²) in [4.78, 5) is 0.301. The zero-order valence-electron chi connectivity index (χ0n) is 10.9. The van der Waals surface area contributed by atoms with Gasteiger partial charge < -0.3 is 0 Å². The Balaban J connectivity index is 1.96. The van der Waals surface area contributed by atoms with Gasteiger partial charge in [0.25, 0.3) is 0 Å². The predicted molar refractivity (Wildman–Crippen MR) is 84.4 cm³/mol. The third kappa shape index (κ3) is 4.16. The van der Waals surface area contributed by atoms with Crippen molar-refractivity contribution in [2.24, 2.45) is 0 Å². The molecule has 2 aromatic carbocycles. The molecule has 0 fully saturated rings. The lowest BCUT2D eigenvalue weighted by atomic mass is 10.2. The zero-order chi connectivity index (χ0) is 14.4. The lowest BCUT2D eigenvalue weighted by Crippen LogP contribution is -2.25. The Morgan fingerprint density at radius 2 is 1.55 bits per heavy atom. The van der Waals surface area contributed by atoms with Crippen molar-refractivity contribution in [1.82, 2.24) is 4.72 Å². The summed E-state index contributed by atoms with van der Waals surface area (Å²) in [7, 11) is -3.42. The maximum absolute atomic E-state index is 12.1. The second kappa shape index (κ2) is 7.02. The van der Waals surface area contributed by atoms with Crippen molar-refractivity contribution in [2.75, 3.05) is 6.54 Å². The van der Waals surface area contributed by atoms with Crippen LogP contribution in [0.15, 0.2) is 59.5 Å². The van der Waals surface area contributed by atoms with Crippen molar-refractivity contribution >= 4 is 26.0 Å². The Hall–Kier alpha value is -1.17. The minimum Gasteiger partial charge on any atom is -0.211 e. The van der Waals surface area contributed by atoms with E-state index >= 15 is 0 Å². The second-order valence-corrected chi connectivity index (χ2v) is 6.74. The van der Waals surface area contributed by atoms with Crippen molar-refractivity contribution < 1.29 is 8.42 Å². The van der Waals surface area contributed by atoms with Crippen molar-refractivity contribution in [3.05, 3.63) is 65.7 Å². The summed E-state index contributed by atoms with van der Waals surface area (Å²) >= 11 is 3.34. The standard InChI is InChI=1S/C15H16BrNO2S/c16-12-14-6-8-15(9-7-14)20(18,19)17-11-10-13-4-2-1-3-5-13/h1-9,17H,10-12H2. The van der Waals surface area contributed by atoms with Crippen LogP contribution in [0.3, 0.4) is 0 Å². The van der Waals surface area contributed by atoms with Crippen LogP contribution < -0.4 is 4.72 Å². The lowest BCUT2D eigenvalue weighted by Gasteiger charge is -2.07. The van der Waals surface area contributed by atoms with Gasteiger partial charge in [-0.05, 0) is 29.7 Å². The first kappa shape index (κ1) is 15.2. The Morgan fingerprint density at radius 3 is 2.15 bits per heavy atom. The van der Waals surface area contributed by atoms with E-state index in [1.54, 1.807) is 24.3 Å². The van der Waals surface area contributed by atoms with Crippen LogP contribution in [-0.2, 0) is 21.8 Å². The molecular formula is C15H16BrNO2S. The van der Waals surface area contributed by atoms with Crippen molar-refractivity contribution in [1.29, 1.82) is 0 Å². The molecule has 0 bridgehead atoms. The van der Waals surface area contributed by atoms with Gasteiger partial charge in [0, 0.05) is 11.9 Å². The molecule has 0 amide bonds. The van der Waals surface area contributed by atoms with Crippen LogP contribution in [0, 0.1) is 0 Å². The van der Waals surface area contributed by atoms with E-state index in [1.165, 1.54) is 0 Å². The Morgan fingerprint density at radius 1 is 0.900 bits per heavy atom. The fourth-order valence-corrected chi connectivity index (χ4v) is 3.22. The summed E-state index contributed by atoms with van der Waals surface area (Å²) in [5, 5.41) is 0.717. The molecule has 0 saturated carbocycles. The molecule has 2 rings (SSSR count). The van der Waals surface area contributed by atoms with Gasteiger partial charge in [-0.15, -0.1) is 0 Å². The van der Waals surface area contributed by atoms with E-state index < -0.39 is 10.0 Å². The van der Waals surface area contributed by atoms with Crippen LogP contribution in [0.5, 0.6) is 0 Å². The first-order valence-electron chi connectivity index (χ1n) is 6.30. The third-order valence-electron chi connectivity index (χ3n) is 2.94. The molecule has 0 aromatic heterocycles. The molecule has 2 aromatic rings. The lowest BCUT2D eigenvalue weighted by molar-refractivity contribution is 0.581. The molecule has 0 aliphatic heterocycles. The third-order valence-corrected chi connectivity index (χ3v) is 5.06. The van der Waals surface area contributed by atoms with E-state index in [2.05, 4.69) is 20.7 Å². The molecule has 0 aliphatic rings. The van der Waals surface area contributed by atoms with Gasteiger partial charge in [-0.2, -0.15) is 0 Å². The number of benzene rings is 2. The van der Waals surface area contributed by atoms with Crippen molar-refractivity contribution in [2.45, 2.75) is 16.6 Å². The number of alkyl halides is 1. The summed E-state index contributed by atoms with van der Waals surface area (Å²) in [6, 6.07) is 16.7. The Kier molecular flexibility index (Phi) is 5.34. The van der Waals surface area contributed by atoms with Crippen molar-refractivity contribution in [3.63, 3.8) is 0 Å². The normalized spacial score (nSPS) is 11.4. The molecule has 0 unspecified atom stereocenters. The van der Waals surface area contributed by atoms with Gasteiger partial charge in [0.2, 0.25) is 10.0 Å². The van der Waals surface area contributed by atoms with Crippen LogP contribution >= 0.6 is 15.9 Å². The van der Waals surface area contributed by atoms with Gasteiger partial charge in [0.15, 0.2) is 0 Å². The summed E-state index contributed by atoms with van der Waals surface area (Å²) in [5.74, 6) is 0. The highest BCUT2D eigenvalue weighted by atomic mass is 79.9. The molecule has 5 heteroatoms. The van der Waals surface area contributed by atoms with Gasteiger partial charge >= 0.3 is 0 Å². The van der Waals surface area contributed by atoms with Crippen molar-refractivity contribution in [3.8, 4) is 0 Å². The predicted octanol–water partition coefficient (Wildman–Crippen LogP) is 3.10. The first-order valence-corrected chi connectivity index (χ1v) is 8.91. The molecule has 0 spiro atoms. The van der Waals surface area contributed by atoms with Crippen LogP contribution in [0.4, 0.5) is 0 Å². The average Bonchev–Trinajstić information content (AvgIpc) is 2.48. The van der Waals surface area contributed by atoms with E-state index in [-0.39, 0.29) is 0 Å². The molecule has 0 radical (unpaired) electrons. The molecular weight excluding hydrogens is 338 g/mol. The zero-order valence-corrected chi connectivity index (χ0v) is 13.3. The van der Waals surface area contributed by atoms with Gasteiger partial charge in [-0.25, -0.2) is 13.1 Å². The average molecular weight is 354 g/mol. The minimum atomic E-state index is -3.42. The molecule has 1 N–H and O–H groups in total. The fraction of sp³-hybridized carbons (Fsp3) is 0.200. The number of hydrogen-bond acceptors (Lipinski definition) is 2. The maximum atomic E-state index is 12.1. The summed E-state index contributed by atoms with van der Waals surface area (Å²) in [6.07, 6.45) is 0.680. The number of halogens is 1. The Bertz CT molecular complexity index is 639. The van der Waals surface area contributed by atoms with Crippen LogP contribution in [0.1, 0.15) is 11.1 Å². The largest absolute Gasteiger partial charge is 0.240 e. The molecule has 106 valence electrons. The topological polar surface area (TPSA) is 46.2 Å². The van der Waals surface area contributed by atoms with Crippen LogP contribution in [0.25, 0.3) is 0 Å². The number of rotatable bonds is 6. The van der Waals surface area contributed by atoms with Crippen LogP contribution in [0.2, 0.25) is 0 Å². The smallest absolute Gasteiger partial charge is 0.211 e. The quantitative estimate of drug-likeness (QED) is 0.811. The summed E-state index contributed by atoms with van der Waals surface area (Å²) < 4.78 is 26.8. The van der Waals surface area contributed by atoms with Gasteiger partial charge in [0.05, 0.1) is 4.90 Å². The molecule has 3 nitrogen and oxygen atoms in total. The van der Waals surface area contributed by atoms with Crippen LogP contribution in [-0.4, -0.2) is 15.0 Å². The molecule has 0 atom stereocenters. The SMILES string of the molecule is O=S(=O)(NCCc1ccccc1)c1ccc(CBr)cc1. The van der Waals surface area contributed by atoms with E-state index in [4.69, 9.17) is 0 Å². The van der Waals surface area contributed by atoms with E-state index in [0.717, 1.165) is 16.5 Å². The number of hydrogen-bond donors (Lipinski definition) is 1. The van der Waals surface area contributed by atoms with Gasteiger partial charge in [0.1, 0.15) is 0 Å². The van der Waals surface area contributed by atoms with E-state index in [0.29, 0.717) is 17.9 Å². The highest BCUT2D eigenvalue weighted by Crippen LogP contribution is 2.12. The Labute approximate surface area is 128 Å². The van der Waals surface area contributed by atoms with E-state index in [9.17, 15) is 8.42 Å². The molecule has 0 saturated heterocycles. The number of sulfonamides is 1. The molecule has 20 heavy (non-hydrogen) atoms. The number of nitrogens with one attached hydrogen (secondary N) is 1. The van der Waals surface area contributed by atoms with Gasteiger partial charge in [-0.1, -0.05) is 58.4 Å².